The molecule has 0 aliphatic rings. The Morgan fingerprint density at radius 3 is 2.67 bits per heavy atom. The van der Waals surface area contributed by atoms with Gasteiger partial charge in [-0.05, 0) is 44.6 Å². The minimum absolute atomic E-state index is 0.244. The predicted molar refractivity (Wildman–Crippen MR) is 54.6 cm³/mol. The Labute approximate surface area is 94.8 Å². The molecule has 1 aromatic rings. The summed E-state index contributed by atoms with van der Waals surface area (Å²) < 4.78 is 25.0. The second-order valence-corrected chi connectivity index (χ2v) is 4.25. The van der Waals surface area contributed by atoms with Crippen molar-refractivity contribution in [2.45, 2.75) is 6.43 Å². The molecule has 6 heteroatoms. The van der Waals surface area contributed by atoms with E-state index in [9.17, 15) is 8.78 Å². The SMILES string of the molecule is FC(F)c1nc(Br)c(Cl)cc1I. The van der Waals surface area contributed by atoms with Gasteiger partial charge in [0, 0.05) is 3.57 Å². The maximum absolute atomic E-state index is 12.2. The average molecular weight is 368 g/mol. The van der Waals surface area contributed by atoms with E-state index in [1.54, 1.807) is 22.6 Å². The van der Waals surface area contributed by atoms with E-state index in [2.05, 4.69) is 20.9 Å². The zero-order valence-corrected chi connectivity index (χ0v) is 9.99. The lowest BCUT2D eigenvalue weighted by molar-refractivity contribution is 0.145. The zero-order chi connectivity index (χ0) is 9.30. The normalized spacial score (nSPS) is 10.8. The van der Waals surface area contributed by atoms with Gasteiger partial charge in [-0.25, -0.2) is 13.8 Å². The molecule has 0 bridgehead atoms. The molecule has 1 heterocycles. The summed E-state index contributed by atoms with van der Waals surface area (Å²) in [7, 11) is 0. The summed E-state index contributed by atoms with van der Waals surface area (Å²) in [5.41, 5.74) is -0.244. The van der Waals surface area contributed by atoms with E-state index in [1.807, 2.05) is 0 Å². The first-order valence-electron chi connectivity index (χ1n) is 2.82. The van der Waals surface area contributed by atoms with E-state index >= 15 is 0 Å². The molecule has 0 radical (unpaired) electrons. The van der Waals surface area contributed by atoms with Crippen molar-refractivity contribution in [3.63, 3.8) is 0 Å². The Bertz CT molecular complexity index is 308. The minimum Gasteiger partial charge on any atom is -0.237 e. The van der Waals surface area contributed by atoms with Crippen LogP contribution in [0, 0.1) is 3.57 Å². The Morgan fingerprint density at radius 1 is 1.58 bits per heavy atom. The molecule has 0 spiro atoms. The van der Waals surface area contributed by atoms with E-state index in [0.29, 0.717) is 8.59 Å². The van der Waals surface area contributed by atoms with E-state index in [0.717, 1.165) is 0 Å². The number of halogens is 5. The first-order chi connectivity index (χ1) is 5.52. The zero-order valence-electron chi connectivity index (χ0n) is 5.49. The molecule has 1 aromatic heterocycles. The average Bonchev–Trinajstić information content (AvgIpc) is 1.96. The van der Waals surface area contributed by atoms with Gasteiger partial charge in [0.05, 0.1) is 5.02 Å². The molecular weight excluding hydrogens is 366 g/mol. The molecule has 0 unspecified atom stereocenters. The quantitative estimate of drug-likeness (QED) is 0.539. The van der Waals surface area contributed by atoms with E-state index in [1.165, 1.54) is 6.07 Å². The van der Waals surface area contributed by atoms with Crippen LogP contribution >= 0.6 is 50.1 Å². The predicted octanol–water partition coefficient (Wildman–Crippen LogP) is 4.04. The van der Waals surface area contributed by atoms with Crippen molar-refractivity contribution in [1.82, 2.24) is 4.98 Å². The highest BCUT2D eigenvalue weighted by molar-refractivity contribution is 14.1. The Morgan fingerprint density at radius 2 is 2.17 bits per heavy atom. The molecule has 0 aliphatic carbocycles. The fraction of sp³-hybridized carbons (Fsp3) is 0.167. The van der Waals surface area contributed by atoms with Crippen molar-refractivity contribution >= 4 is 50.1 Å². The van der Waals surface area contributed by atoms with Crippen LogP contribution in [0.2, 0.25) is 5.02 Å². The monoisotopic (exact) mass is 367 g/mol. The second-order valence-electron chi connectivity index (χ2n) is 1.93. The summed E-state index contributed by atoms with van der Waals surface area (Å²) in [4.78, 5) is 3.60. The van der Waals surface area contributed by atoms with E-state index in [4.69, 9.17) is 11.6 Å². The first-order valence-corrected chi connectivity index (χ1v) is 5.07. The lowest BCUT2D eigenvalue weighted by Crippen LogP contribution is -1.95. The molecule has 0 amide bonds. The van der Waals surface area contributed by atoms with Crippen LogP contribution in [0.15, 0.2) is 10.7 Å². The molecule has 1 nitrogen and oxygen atoms in total. The number of rotatable bonds is 1. The first kappa shape index (κ1) is 10.6. The van der Waals surface area contributed by atoms with E-state index < -0.39 is 6.43 Å². The van der Waals surface area contributed by atoms with Crippen LogP contribution in [0.1, 0.15) is 12.1 Å². The lowest BCUT2D eigenvalue weighted by Gasteiger charge is -2.03. The van der Waals surface area contributed by atoms with Gasteiger partial charge < -0.3 is 0 Å². The van der Waals surface area contributed by atoms with Crippen LogP contribution in [0.4, 0.5) is 8.78 Å². The molecule has 0 aromatic carbocycles. The summed E-state index contributed by atoms with van der Waals surface area (Å²) in [6.45, 7) is 0. The van der Waals surface area contributed by atoms with Crippen molar-refractivity contribution in [1.29, 1.82) is 0 Å². The van der Waals surface area contributed by atoms with Gasteiger partial charge in [0.15, 0.2) is 0 Å². The molecule has 0 fully saturated rings. The summed E-state index contributed by atoms with van der Waals surface area (Å²) in [5.74, 6) is 0. The summed E-state index contributed by atoms with van der Waals surface area (Å²) >= 11 is 10.4. The molecule has 66 valence electrons. The molecule has 0 atom stereocenters. The largest absolute Gasteiger partial charge is 0.281 e. The Balaban J connectivity index is 3.23. The number of nitrogens with zero attached hydrogens (tertiary/aromatic N) is 1. The minimum atomic E-state index is -2.56. The fourth-order valence-corrected chi connectivity index (χ4v) is 1.92. The fourth-order valence-electron chi connectivity index (χ4n) is 0.610. The lowest BCUT2D eigenvalue weighted by atomic mass is 10.4. The molecular formula is C6H2BrClF2IN. The van der Waals surface area contributed by atoms with Gasteiger partial charge in [-0.2, -0.15) is 0 Å². The third kappa shape index (κ3) is 2.26. The Kier molecular flexibility index (Phi) is 3.66. The van der Waals surface area contributed by atoms with Gasteiger partial charge in [0.1, 0.15) is 10.3 Å². The number of aromatic nitrogens is 1. The third-order valence-electron chi connectivity index (χ3n) is 1.12. The molecule has 0 aliphatic heterocycles. The van der Waals surface area contributed by atoms with Crippen LogP contribution in [0.3, 0.4) is 0 Å². The van der Waals surface area contributed by atoms with Crippen LogP contribution in [0.5, 0.6) is 0 Å². The summed E-state index contributed by atoms with van der Waals surface area (Å²) in [6, 6.07) is 1.45. The van der Waals surface area contributed by atoms with Crippen molar-refractivity contribution < 1.29 is 8.78 Å². The number of hydrogen-bond acceptors (Lipinski definition) is 1. The number of pyridine rings is 1. The summed E-state index contributed by atoms with van der Waals surface area (Å²) in [5, 5.41) is 0.337. The molecule has 1 rings (SSSR count). The highest BCUT2D eigenvalue weighted by Gasteiger charge is 2.15. The highest BCUT2D eigenvalue weighted by Crippen LogP contribution is 2.29. The van der Waals surface area contributed by atoms with Crippen molar-refractivity contribution in [2.24, 2.45) is 0 Å². The van der Waals surface area contributed by atoms with Gasteiger partial charge in [0.25, 0.3) is 6.43 Å². The van der Waals surface area contributed by atoms with Crippen LogP contribution < -0.4 is 0 Å². The number of hydrogen-bond donors (Lipinski definition) is 0. The highest BCUT2D eigenvalue weighted by atomic mass is 127. The molecule has 0 saturated heterocycles. The molecule has 0 saturated carbocycles. The smallest absolute Gasteiger partial charge is 0.237 e. The van der Waals surface area contributed by atoms with Gasteiger partial charge in [-0.1, -0.05) is 11.6 Å². The maximum atomic E-state index is 12.2. The van der Waals surface area contributed by atoms with Gasteiger partial charge in [0.2, 0.25) is 0 Å². The van der Waals surface area contributed by atoms with Gasteiger partial charge in [-0.15, -0.1) is 0 Å². The van der Waals surface area contributed by atoms with Crippen molar-refractivity contribution in [3.8, 4) is 0 Å². The van der Waals surface area contributed by atoms with Crippen LogP contribution in [0.25, 0.3) is 0 Å². The standard InChI is InChI=1S/C6H2BrClF2IN/c7-5-2(8)1-3(11)4(12-5)6(9)10/h1,6H. The van der Waals surface area contributed by atoms with Gasteiger partial charge in [-0.3, -0.25) is 0 Å². The molecule has 12 heavy (non-hydrogen) atoms. The van der Waals surface area contributed by atoms with Crippen LogP contribution in [-0.4, -0.2) is 4.98 Å². The Hall–Kier alpha value is 0.510. The summed E-state index contributed by atoms with van der Waals surface area (Å²) in [6.07, 6.45) is -2.56. The second kappa shape index (κ2) is 4.15. The van der Waals surface area contributed by atoms with Crippen LogP contribution in [-0.2, 0) is 0 Å². The van der Waals surface area contributed by atoms with Crippen molar-refractivity contribution in [3.05, 3.63) is 25.0 Å². The third-order valence-corrected chi connectivity index (χ3v) is 3.11. The van der Waals surface area contributed by atoms with E-state index in [-0.39, 0.29) is 10.3 Å². The number of alkyl halides is 2. The van der Waals surface area contributed by atoms with Gasteiger partial charge >= 0.3 is 0 Å². The maximum Gasteiger partial charge on any atom is 0.281 e. The van der Waals surface area contributed by atoms with Crippen molar-refractivity contribution in [2.75, 3.05) is 0 Å². The topological polar surface area (TPSA) is 12.9 Å². The molecule has 0 N–H and O–H groups in total.